The first kappa shape index (κ1) is 29.9. The number of aromatic nitrogens is 1. The first-order chi connectivity index (χ1) is 20.0. The maximum Gasteiger partial charge on any atom is 0.306 e. The fourth-order valence-corrected chi connectivity index (χ4v) is 6.10. The highest BCUT2D eigenvalue weighted by Gasteiger charge is 2.37. The van der Waals surface area contributed by atoms with Crippen molar-refractivity contribution in [1.82, 2.24) is 9.47 Å². The van der Waals surface area contributed by atoms with Crippen molar-refractivity contribution in [3.63, 3.8) is 0 Å². The highest BCUT2D eigenvalue weighted by molar-refractivity contribution is 6.34. The molecule has 2 N–H and O–H groups in total. The number of fused-ring (bicyclic) bond motifs is 1. The molecule has 2 aliphatic rings. The van der Waals surface area contributed by atoms with Crippen LogP contribution in [-0.4, -0.2) is 63.8 Å². The van der Waals surface area contributed by atoms with Gasteiger partial charge in [0, 0.05) is 30.6 Å². The van der Waals surface area contributed by atoms with Gasteiger partial charge in [0.25, 0.3) is 5.91 Å². The molecule has 0 unspecified atom stereocenters. The topological polar surface area (TPSA) is 101 Å². The Morgan fingerprint density at radius 1 is 1.12 bits per heavy atom. The Bertz CT molecular complexity index is 1520. The van der Waals surface area contributed by atoms with E-state index in [2.05, 4.69) is 5.32 Å². The quantitative estimate of drug-likeness (QED) is 0.353. The molecule has 1 aliphatic carbocycles. The molecule has 2 amide bonds. The van der Waals surface area contributed by atoms with Crippen molar-refractivity contribution in [1.29, 1.82) is 0 Å². The molecule has 1 saturated heterocycles. The monoisotopic (exact) mass is 605 g/mol. The molecule has 1 saturated carbocycles. The molecule has 3 aromatic rings. The Hall–Kier alpha value is -3.57. The van der Waals surface area contributed by atoms with Crippen molar-refractivity contribution in [3.05, 3.63) is 64.3 Å². The van der Waals surface area contributed by atoms with E-state index in [9.17, 15) is 23.2 Å². The zero-order valence-electron chi connectivity index (χ0n) is 22.9. The van der Waals surface area contributed by atoms with Gasteiger partial charge in [-0.05, 0) is 61.6 Å². The van der Waals surface area contributed by atoms with Crippen LogP contribution in [0.2, 0.25) is 5.02 Å². The molecular weight excluding hydrogens is 575 g/mol. The number of nitrogens with one attached hydrogen (secondary N) is 1. The number of alkyl halides is 1. The van der Waals surface area contributed by atoms with E-state index in [4.69, 9.17) is 21.4 Å². The minimum atomic E-state index is -1.24. The van der Waals surface area contributed by atoms with Crippen LogP contribution in [0.3, 0.4) is 0 Å². The van der Waals surface area contributed by atoms with Gasteiger partial charge in [-0.2, -0.15) is 0 Å². The van der Waals surface area contributed by atoms with Crippen molar-refractivity contribution in [2.75, 3.05) is 18.5 Å². The molecule has 224 valence electrons. The maximum atomic E-state index is 15.1. The number of aliphatic carboxylic acids is 1. The number of amides is 2. The minimum absolute atomic E-state index is 0.000559. The highest BCUT2D eigenvalue weighted by atomic mass is 35.5. The van der Waals surface area contributed by atoms with Crippen LogP contribution < -0.4 is 5.32 Å². The fourth-order valence-electron chi connectivity index (χ4n) is 5.87. The van der Waals surface area contributed by atoms with Crippen molar-refractivity contribution in [2.24, 2.45) is 13.0 Å². The summed E-state index contributed by atoms with van der Waals surface area (Å²) in [5.74, 6) is -3.57. The summed E-state index contributed by atoms with van der Waals surface area (Å²) in [5.41, 5.74) is 0.794. The number of rotatable bonds is 8. The average molecular weight is 606 g/mol. The van der Waals surface area contributed by atoms with Crippen LogP contribution in [-0.2, 0) is 27.8 Å². The Morgan fingerprint density at radius 2 is 1.86 bits per heavy atom. The second-order valence-electron chi connectivity index (χ2n) is 11.0. The third-order valence-electron chi connectivity index (χ3n) is 8.15. The third-order valence-corrected chi connectivity index (χ3v) is 8.47. The van der Waals surface area contributed by atoms with Crippen LogP contribution in [0.15, 0.2) is 36.5 Å². The molecule has 2 heterocycles. The van der Waals surface area contributed by atoms with Gasteiger partial charge < -0.3 is 24.6 Å². The van der Waals surface area contributed by atoms with Gasteiger partial charge in [0.1, 0.15) is 17.8 Å². The number of carboxylic acids is 1. The highest BCUT2D eigenvalue weighted by Crippen LogP contribution is 2.31. The van der Waals surface area contributed by atoms with Crippen LogP contribution in [0.5, 0.6) is 0 Å². The van der Waals surface area contributed by atoms with Crippen LogP contribution >= 0.6 is 11.6 Å². The molecule has 2 aromatic carbocycles. The van der Waals surface area contributed by atoms with Gasteiger partial charge in [-0.1, -0.05) is 11.6 Å². The Morgan fingerprint density at radius 3 is 2.57 bits per heavy atom. The number of halogens is 4. The van der Waals surface area contributed by atoms with Crippen molar-refractivity contribution < 1.29 is 37.4 Å². The number of anilines is 1. The molecule has 0 bridgehead atoms. The van der Waals surface area contributed by atoms with Crippen LogP contribution in [0, 0.1) is 17.6 Å². The lowest BCUT2D eigenvalue weighted by Crippen LogP contribution is -2.40. The van der Waals surface area contributed by atoms with E-state index in [1.54, 1.807) is 17.7 Å². The lowest BCUT2D eigenvalue weighted by Gasteiger charge is -2.30. The SMILES string of the molecule is Cn1cc(C(=O)Nc2cc(F)c(CC(=O)N3C[C@@H](F)C[C@H]3COC3CCC(C(=O)O)CC3)cc2Cl)c2cc(F)ccc21. The van der Waals surface area contributed by atoms with Gasteiger partial charge in [0.2, 0.25) is 5.91 Å². The predicted molar refractivity (Wildman–Crippen MR) is 150 cm³/mol. The van der Waals surface area contributed by atoms with Crippen molar-refractivity contribution >= 4 is 46.0 Å². The van der Waals surface area contributed by atoms with E-state index < -0.39 is 41.6 Å². The number of benzene rings is 2. The number of hydrogen-bond acceptors (Lipinski definition) is 4. The summed E-state index contributed by atoms with van der Waals surface area (Å²) >= 11 is 6.35. The van der Waals surface area contributed by atoms with E-state index in [-0.39, 0.29) is 59.9 Å². The van der Waals surface area contributed by atoms with Gasteiger partial charge in [0.05, 0.1) is 53.9 Å². The van der Waals surface area contributed by atoms with Gasteiger partial charge in [-0.3, -0.25) is 14.4 Å². The molecule has 5 rings (SSSR count). The van der Waals surface area contributed by atoms with Crippen molar-refractivity contribution in [2.45, 2.75) is 56.8 Å². The molecule has 1 aromatic heterocycles. The summed E-state index contributed by atoms with van der Waals surface area (Å²) in [5, 5.41) is 12.1. The molecule has 8 nitrogen and oxygen atoms in total. The van der Waals surface area contributed by atoms with Crippen LogP contribution in [0.4, 0.5) is 18.9 Å². The van der Waals surface area contributed by atoms with E-state index in [0.717, 1.165) is 6.07 Å². The van der Waals surface area contributed by atoms with Gasteiger partial charge in [-0.15, -0.1) is 0 Å². The summed E-state index contributed by atoms with van der Waals surface area (Å²) in [7, 11) is 1.71. The zero-order chi connectivity index (χ0) is 30.1. The second-order valence-corrected chi connectivity index (χ2v) is 11.5. The van der Waals surface area contributed by atoms with E-state index in [0.29, 0.717) is 36.6 Å². The molecule has 12 heteroatoms. The van der Waals surface area contributed by atoms with E-state index in [1.165, 1.54) is 29.3 Å². The molecule has 0 radical (unpaired) electrons. The summed E-state index contributed by atoms with van der Waals surface area (Å²) in [6.45, 7) is -0.0193. The lowest BCUT2D eigenvalue weighted by atomic mass is 9.87. The number of carboxylic acid groups (broad SMARTS) is 1. The molecule has 0 spiro atoms. The average Bonchev–Trinajstić information content (AvgIpc) is 3.49. The summed E-state index contributed by atoms with van der Waals surface area (Å²) < 4.78 is 50.9. The van der Waals surface area contributed by atoms with Crippen molar-refractivity contribution in [3.8, 4) is 0 Å². The fraction of sp³-hybridized carbons (Fsp3) is 0.433. The summed E-state index contributed by atoms with van der Waals surface area (Å²) in [6.07, 6.45) is 2.07. The number of likely N-dealkylation sites (tertiary alicyclic amines) is 1. The van der Waals surface area contributed by atoms with Gasteiger partial charge in [-0.25, -0.2) is 13.2 Å². The lowest BCUT2D eigenvalue weighted by molar-refractivity contribution is -0.144. The van der Waals surface area contributed by atoms with E-state index in [1.807, 2.05) is 0 Å². The van der Waals surface area contributed by atoms with Crippen LogP contribution in [0.1, 0.15) is 48.0 Å². The number of hydrogen-bond donors (Lipinski definition) is 2. The normalized spacial score (nSPS) is 22.5. The first-order valence-corrected chi connectivity index (χ1v) is 14.2. The first-order valence-electron chi connectivity index (χ1n) is 13.8. The summed E-state index contributed by atoms with van der Waals surface area (Å²) in [6, 6.07) is 5.83. The molecule has 2 atom stereocenters. The molecule has 42 heavy (non-hydrogen) atoms. The second kappa shape index (κ2) is 12.3. The zero-order valence-corrected chi connectivity index (χ0v) is 23.7. The van der Waals surface area contributed by atoms with Gasteiger partial charge in [0.15, 0.2) is 0 Å². The smallest absolute Gasteiger partial charge is 0.306 e. The Balaban J connectivity index is 1.22. The largest absolute Gasteiger partial charge is 0.481 e. The molecule has 2 fully saturated rings. The number of carbonyl (C=O) groups is 3. The summed E-state index contributed by atoms with van der Waals surface area (Å²) in [4.78, 5) is 38.6. The Labute approximate surface area is 245 Å². The Kier molecular flexibility index (Phi) is 8.79. The predicted octanol–water partition coefficient (Wildman–Crippen LogP) is 5.50. The number of ether oxygens (including phenoxy) is 1. The van der Waals surface area contributed by atoms with E-state index >= 15 is 4.39 Å². The standard InChI is InChI=1S/C30H31ClF3N3O5/c1-36-14-23(22-11-18(32)4-7-27(22)36)29(39)35-26-12-25(34)17(8-24(26)31)9-28(38)37-13-19(33)10-20(37)15-42-21-5-2-16(3-6-21)30(40)41/h4,7-8,11-12,14,16,19-21H,2-3,5-6,9-10,13,15H2,1H3,(H,35,39)(H,40,41)/t16?,19-,20-,21?/m0/s1. The molecule has 1 aliphatic heterocycles. The van der Waals surface area contributed by atoms with Gasteiger partial charge >= 0.3 is 5.97 Å². The number of aryl methyl sites for hydroxylation is 1. The third kappa shape index (κ3) is 6.42. The maximum absolute atomic E-state index is 15.1. The number of nitrogens with zero attached hydrogens (tertiary/aromatic N) is 2. The molecular formula is C30H31ClF3N3O5. The number of carbonyl (C=O) groups excluding carboxylic acids is 2. The van der Waals surface area contributed by atoms with Crippen LogP contribution in [0.25, 0.3) is 10.9 Å². The minimum Gasteiger partial charge on any atom is -0.481 e.